The summed E-state index contributed by atoms with van der Waals surface area (Å²) in [5, 5.41) is 3.16. The molecule has 0 saturated carbocycles. The summed E-state index contributed by atoms with van der Waals surface area (Å²) in [4.78, 5) is 4.09. The van der Waals surface area contributed by atoms with Crippen LogP contribution in [0.4, 0.5) is 11.4 Å². The van der Waals surface area contributed by atoms with Gasteiger partial charge in [0.25, 0.3) is 0 Å². The SMILES string of the molecule is CNS(=O)(=O)c1ccc(NCc2ccncc2)c(N)c1. The molecule has 0 amide bonds. The van der Waals surface area contributed by atoms with Crippen LogP contribution in [0.5, 0.6) is 0 Å². The van der Waals surface area contributed by atoms with Gasteiger partial charge in [0.15, 0.2) is 0 Å². The molecule has 0 fully saturated rings. The van der Waals surface area contributed by atoms with Crippen LogP contribution in [0.3, 0.4) is 0 Å². The Kier molecular flexibility index (Phi) is 4.21. The number of nitrogens with two attached hydrogens (primary N) is 1. The van der Waals surface area contributed by atoms with Crippen LogP contribution in [0.25, 0.3) is 0 Å². The van der Waals surface area contributed by atoms with Crippen LogP contribution in [0, 0.1) is 0 Å². The molecule has 0 aliphatic rings. The number of aromatic nitrogens is 1. The first kappa shape index (κ1) is 14.3. The van der Waals surface area contributed by atoms with Crippen molar-refractivity contribution in [2.24, 2.45) is 0 Å². The molecule has 7 heteroatoms. The van der Waals surface area contributed by atoms with E-state index in [2.05, 4.69) is 15.0 Å². The quantitative estimate of drug-likeness (QED) is 0.719. The molecule has 1 heterocycles. The van der Waals surface area contributed by atoms with E-state index < -0.39 is 10.0 Å². The molecule has 0 radical (unpaired) electrons. The summed E-state index contributed by atoms with van der Waals surface area (Å²) in [6.45, 7) is 0.588. The fraction of sp³-hybridized carbons (Fsp3) is 0.154. The van der Waals surface area contributed by atoms with Crippen molar-refractivity contribution in [3.8, 4) is 0 Å². The molecule has 6 nitrogen and oxygen atoms in total. The third kappa shape index (κ3) is 3.25. The Morgan fingerprint density at radius 1 is 1.20 bits per heavy atom. The van der Waals surface area contributed by atoms with Crippen molar-refractivity contribution in [3.05, 3.63) is 48.3 Å². The van der Waals surface area contributed by atoms with Crippen LogP contribution in [0.2, 0.25) is 0 Å². The lowest BCUT2D eigenvalue weighted by Gasteiger charge is -2.11. The van der Waals surface area contributed by atoms with Crippen LogP contribution in [-0.2, 0) is 16.6 Å². The molecule has 0 bridgehead atoms. The molecular formula is C13H16N4O2S. The summed E-state index contributed by atoms with van der Waals surface area (Å²) in [5.74, 6) is 0. The lowest BCUT2D eigenvalue weighted by molar-refractivity contribution is 0.588. The minimum absolute atomic E-state index is 0.145. The molecule has 2 aromatic rings. The predicted molar refractivity (Wildman–Crippen MR) is 78.7 cm³/mol. The fourth-order valence-electron chi connectivity index (χ4n) is 1.68. The third-order valence-electron chi connectivity index (χ3n) is 2.83. The van der Waals surface area contributed by atoms with Crippen molar-refractivity contribution in [1.29, 1.82) is 0 Å². The van der Waals surface area contributed by atoms with E-state index >= 15 is 0 Å². The van der Waals surface area contributed by atoms with E-state index in [0.29, 0.717) is 17.9 Å². The average Bonchev–Trinajstić information content (AvgIpc) is 2.47. The van der Waals surface area contributed by atoms with Gasteiger partial charge in [-0.25, -0.2) is 13.1 Å². The maximum Gasteiger partial charge on any atom is 0.240 e. The Morgan fingerprint density at radius 2 is 1.90 bits per heavy atom. The van der Waals surface area contributed by atoms with Crippen molar-refractivity contribution in [2.45, 2.75) is 11.4 Å². The van der Waals surface area contributed by atoms with Crippen molar-refractivity contribution in [1.82, 2.24) is 9.71 Å². The van der Waals surface area contributed by atoms with E-state index in [1.165, 1.54) is 19.2 Å². The van der Waals surface area contributed by atoms with Crippen LogP contribution in [0.15, 0.2) is 47.6 Å². The van der Waals surface area contributed by atoms with Gasteiger partial charge in [0.2, 0.25) is 10.0 Å². The highest BCUT2D eigenvalue weighted by Crippen LogP contribution is 2.22. The van der Waals surface area contributed by atoms with Crippen molar-refractivity contribution >= 4 is 21.4 Å². The Balaban J connectivity index is 2.15. The van der Waals surface area contributed by atoms with Gasteiger partial charge in [-0.1, -0.05) is 0 Å². The summed E-state index contributed by atoms with van der Waals surface area (Å²) in [6, 6.07) is 8.38. The number of nitrogens with zero attached hydrogens (tertiary/aromatic N) is 1. The van der Waals surface area contributed by atoms with E-state index in [-0.39, 0.29) is 4.90 Å². The van der Waals surface area contributed by atoms with Gasteiger partial charge in [-0.15, -0.1) is 0 Å². The summed E-state index contributed by atoms with van der Waals surface area (Å²) in [7, 11) is -2.11. The van der Waals surface area contributed by atoms with Crippen LogP contribution < -0.4 is 15.8 Å². The van der Waals surface area contributed by atoms with Gasteiger partial charge in [-0.2, -0.15) is 0 Å². The van der Waals surface area contributed by atoms with E-state index in [9.17, 15) is 8.42 Å². The van der Waals surface area contributed by atoms with Gasteiger partial charge in [0.05, 0.1) is 16.3 Å². The zero-order chi connectivity index (χ0) is 14.6. The highest BCUT2D eigenvalue weighted by atomic mass is 32.2. The first-order valence-electron chi connectivity index (χ1n) is 5.99. The standard InChI is InChI=1S/C13H16N4O2S/c1-15-20(18,19)11-2-3-13(12(14)8-11)17-9-10-4-6-16-7-5-10/h2-8,15,17H,9,14H2,1H3. The zero-order valence-corrected chi connectivity index (χ0v) is 11.8. The number of sulfonamides is 1. The molecule has 20 heavy (non-hydrogen) atoms. The first-order valence-corrected chi connectivity index (χ1v) is 7.47. The smallest absolute Gasteiger partial charge is 0.240 e. The highest BCUT2D eigenvalue weighted by molar-refractivity contribution is 7.89. The van der Waals surface area contributed by atoms with E-state index in [1.54, 1.807) is 18.5 Å². The number of hydrogen-bond acceptors (Lipinski definition) is 5. The number of nitrogens with one attached hydrogen (secondary N) is 2. The highest BCUT2D eigenvalue weighted by Gasteiger charge is 2.12. The van der Waals surface area contributed by atoms with E-state index in [1.807, 2.05) is 12.1 Å². The van der Waals surface area contributed by atoms with E-state index in [4.69, 9.17) is 5.73 Å². The molecule has 4 N–H and O–H groups in total. The zero-order valence-electron chi connectivity index (χ0n) is 11.0. The molecule has 0 aliphatic carbocycles. The van der Waals surface area contributed by atoms with Crippen LogP contribution >= 0.6 is 0 Å². The number of pyridine rings is 1. The predicted octanol–water partition coefficient (Wildman–Crippen LogP) is 1.18. The Hall–Kier alpha value is -2.12. The number of rotatable bonds is 5. The maximum absolute atomic E-state index is 11.6. The maximum atomic E-state index is 11.6. The van der Waals surface area contributed by atoms with Gasteiger partial charge in [0, 0.05) is 18.9 Å². The van der Waals surface area contributed by atoms with Crippen molar-refractivity contribution in [2.75, 3.05) is 18.1 Å². The minimum atomic E-state index is -3.47. The molecule has 1 aromatic carbocycles. The molecule has 106 valence electrons. The molecule has 0 unspecified atom stereocenters. The number of hydrogen-bond donors (Lipinski definition) is 3. The van der Waals surface area contributed by atoms with Gasteiger partial charge >= 0.3 is 0 Å². The monoisotopic (exact) mass is 292 g/mol. The number of nitrogen functional groups attached to an aromatic ring is 1. The van der Waals surface area contributed by atoms with Gasteiger partial charge in [0.1, 0.15) is 0 Å². The molecular weight excluding hydrogens is 276 g/mol. The molecule has 0 atom stereocenters. The largest absolute Gasteiger partial charge is 0.397 e. The summed E-state index contributed by atoms with van der Waals surface area (Å²) in [5.41, 5.74) is 8.01. The van der Waals surface area contributed by atoms with Gasteiger partial charge in [-0.3, -0.25) is 4.98 Å². The van der Waals surface area contributed by atoms with Gasteiger partial charge < -0.3 is 11.1 Å². The van der Waals surface area contributed by atoms with E-state index in [0.717, 1.165) is 5.56 Å². The Labute approximate surface area is 118 Å². The second-order valence-electron chi connectivity index (χ2n) is 4.17. The number of anilines is 2. The van der Waals surface area contributed by atoms with Crippen LogP contribution in [-0.4, -0.2) is 20.4 Å². The van der Waals surface area contributed by atoms with Crippen LogP contribution in [0.1, 0.15) is 5.56 Å². The Bertz CT molecular complexity index is 687. The Morgan fingerprint density at radius 3 is 2.50 bits per heavy atom. The normalized spacial score (nSPS) is 11.2. The number of benzene rings is 1. The molecule has 0 saturated heterocycles. The topological polar surface area (TPSA) is 97.1 Å². The second kappa shape index (κ2) is 5.89. The minimum Gasteiger partial charge on any atom is -0.397 e. The third-order valence-corrected chi connectivity index (χ3v) is 4.25. The first-order chi connectivity index (χ1) is 9.53. The summed E-state index contributed by atoms with van der Waals surface area (Å²) in [6.07, 6.45) is 3.42. The molecule has 0 spiro atoms. The van der Waals surface area contributed by atoms with Gasteiger partial charge in [-0.05, 0) is 42.9 Å². The van der Waals surface area contributed by atoms with Crippen molar-refractivity contribution < 1.29 is 8.42 Å². The average molecular weight is 292 g/mol. The molecule has 2 rings (SSSR count). The second-order valence-corrected chi connectivity index (χ2v) is 6.05. The summed E-state index contributed by atoms with van der Waals surface area (Å²) >= 11 is 0. The lowest BCUT2D eigenvalue weighted by atomic mass is 10.2. The summed E-state index contributed by atoms with van der Waals surface area (Å²) < 4.78 is 25.6. The molecule has 0 aliphatic heterocycles. The fourth-order valence-corrected chi connectivity index (χ4v) is 2.45. The molecule has 1 aromatic heterocycles. The lowest BCUT2D eigenvalue weighted by Crippen LogP contribution is -2.18. The van der Waals surface area contributed by atoms with Crippen molar-refractivity contribution in [3.63, 3.8) is 0 Å².